The average molecular weight is 265 g/mol. The van der Waals surface area contributed by atoms with Gasteiger partial charge in [-0.3, -0.25) is 9.59 Å². The monoisotopic (exact) mass is 265 g/mol. The van der Waals surface area contributed by atoms with E-state index in [1.54, 1.807) is 9.80 Å². The molecule has 2 amide bonds. The molecule has 0 bridgehead atoms. The Morgan fingerprint density at radius 2 is 2.11 bits per heavy atom. The molecule has 5 heteroatoms. The topological polar surface area (TPSA) is 52.7 Å². The van der Waals surface area contributed by atoms with Crippen LogP contribution in [0.4, 0.5) is 0 Å². The molecule has 2 heterocycles. The van der Waals surface area contributed by atoms with Crippen molar-refractivity contribution in [2.75, 3.05) is 26.2 Å². The van der Waals surface area contributed by atoms with E-state index in [0.29, 0.717) is 18.5 Å². The van der Waals surface area contributed by atoms with Gasteiger partial charge in [0, 0.05) is 19.1 Å². The molecule has 5 nitrogen and oxygen atoms in total. The molecule has 3 aliphatic rings. The fourth-order valence-corrected chi connectivity index (χ4v) is 3.12. The lowest BCUT2D eigenvalue weighted by Crippen LogP contribution is -2.58. The average Bonchev–Trinajstić information content (AvgIpc) is 3.07. The van der Waals surface area contributed by atoms with Gasteiger partial charge < -0.3 is 15.1 Å². The molecule has 106 valence electrons. The molecule has 0 spiro atoms. The van der Waals surface area contributed by atoms with E-state index in [1.807, 2.05) is 0 Å². The van der Waals surface area contributed by atoms with Crippen LogP contribution in [0, 0.1) is 5.92 Å². The van der Waals surface area contributed by atoms with Crippen LogP contribution >= 0.6 is 0 Å². The number of rotatable bonds is 5. The molecule has 2 saturated heterocycles. The fourth-order valence-electron chi connectivity index (χ4n) is 3.12. The van der Waals surface area contributed by atoms with Gasteiger partial charge in [0.15, 0.2) is 0 Å². The lowest BCUT2D eigenvalue weighted by atomic mass is 10.1. The second-order valence-electron chi connectivity index (χ2n) is 6.25. The first kappa shape index (κ1) is 12.9. The summed E-state index contributed by atoms with van der Waals surface area (Å²) >= 11 is 0. The van der Waals surface area contributed by atoms with E-state index in [2.05, 4.69) is 12.2 Å². The zero-order valence-corrected chi connectivity index (χ0v) is 11.6. The summed E-state index contributed by atoms with van der Waals surface area (Å²) in [5, 5.41) is 3.48. The minimum atomic E-state index is -0.162. The molecule has 1 aliphatic carbocycles. The van der Waals surface area contributed by atoms with E-state index in [0.717, 1.165) is 25.9 Å². The molecule has 0 aromatic rings. The summed E-state index contributed by atoms with van der Waals surface area (Å²) in [5.41, 5.74) is 0. The van der Waals surface area contributed by atoms with Crippen LogP contribution in [0.15, 0.2) is 0 Å². The smallest absolute Gasteiger partial charge is 0.245 e. The summed E-state index contributed by atoms with van der Waals surface area (Å²) in [6.07, 6.45) is 4.38. The third-order valence-corrected chi connectivity index (χ3v) is 4.36. The highest BCUT2D eigenvalue weighted by atomic mass is 16.2. The third kappa shape index (κ3) is 2.76. The predicted octanol–water partition coefficient (Wildman–Crippen LogP) is 0.208. The van der Waals surface area contributed by atoms with Crippen LogP contribution in [0.5, 0.6) is 0 Å². The molecule has 3 rings (SSSR count). The van der Waals surface area contributed by atoms with Crippen molar-refractivity contribution in [3.63, 3.8) is 0 Å². The fraction of sp³-hybridized carbons (Fsp3) is 0.857. The van der Waals surface area contributed by atoms with Gasteiger partial charge in [-0.15, -0.1) is 0 Å². The Hall–Kier alpha value is -1.10. The number of piperazine rings is 1. The van der Waals surface area contributed by atoms with E-state index < -0.39 is 0 Å². The van der Waals surface area contributed by atoms with Crippen molar-refractivity contribution in [3.8, 4) is 0 Å². The second-order valence-corrected chi connectivity index (χ2v) is 6.25. The lowest BCUT2D eigenvalue weighted by molar-refractivity contribution is -0.154. The number of hydrogen-bond acceptors (Lipinski definition) is 3. The molecule has 0 aromatic heterocycles. The molecule has 19 heavy (non-hydrogen) atoms. The van der Waals surface area contributed by atoms with Gasteiger partial charge in [0.05, 0.1) is 6.54 Å². The van der Waals surface area contributed by atoms with Crippen LogP contribution in [0.25, 0.3) is 0 Å². The number of carbonyl (C=O) groups is 2. The van der Waals surface area contributed by atoms with Crippen molar-refractivity contribution in [3.05, 3.63) is 0 Å². The number of fused-ring (bicyclic) bond motifs is 1. The van der Waals surface area contributed by atoms with Crippen molar-refractivity contribution in [1.82, 2.24) is 15.1 Å². The normalized spacial score (nSPS) is 28.8. The first-order chi connectivity index (χ1) is 9.15. The van der Waals surface area contributed by atoms with Gasteiger partial charge >= 0.3 is 0 Å². The van der Waals surface area contributed by atoms with Crippen LogP contribution in [-0.4, -0.2) is 59.9 Å². The van der Waals surface area contributed by atoms with Gasteiger partial charge in [-0.25, -0.2) is 0 Å². The zero-order valence-electron chi connectivity index (χ0n) is 11.6. The molecule has 2 aliphatic heterocycles. The summed E-state index contributed by atoms with van der Waals surface area (Å²) in [5.74, 6) is 0.699. The first-order valence-corrected chi connectivity index (χ1v) is 7.47. The van der Waals surface area contributed by atoms with Gasteiger partial charge in [-0.05, 0) is 38.1 Å². The van der Waals surface area contributed by atoms with E-state index in [9.17, 15) is 9.59 Å². The maximum absolute atomic E-state index is 12.4. The van der Waals surface area contributed by atoms with Gasteiger partial charge in [0.2, 0.25) is 11.8 Å². The van der Waals surface area contributed by atoms with E-state index in [-0.39, 0.29) is 24.4 Å². The Morgan fingerprint density at radius 3 is 2.84 bits per heavy atom. The van der Waals surface area contributed by atoms with Crippen LogP contribution in [0.1, 0.15) is 32.6 Å². The number of amides is 2. The summed E-state index contributed by atoms with van der Waals surface area (Å²) < 4.78 is 0. The maximum Gasteiger partial charge on any atom is 0.245 e. The number of nitrogens with one attached hydrogen (secondary N) is 1. The Morgan fingerprint density at radius 1 is 1.32 bits per heavy atom. The lowest BCUT2D eigenvalue weighted by Gasteiger charge is -2.37. The molecule has 2 atom stereocenters. The Bertz CT molecular complexity index is 381. The van der Waals surface area contributed by atoms with Gasteiger partial charge in [-0.1, -0.05) is 6.92 Å². The number of nitrogens with zero attached hydrogens (tertiary/aromatic N) is 2. The summed E-state index contributed by atoms with van der Waals surface area (Å²) in [6, 6.07) is 0.538. The Kier molecular flexibility index (Phi) is 3.48. The van der Waals surface area contributed by atoms with E-state index in [4.69, 9.17) is 0 Å². The molecule has 3 fully saturated rings. The molecular formula is C14H23N3O2. The molecule has 1 saturated carbocycles. The third-order valence-electron chi connectivity index (χ3n) is 4.36. The van der Waals surface area contributed by atoms with Crippen molar-refractivity contribution in [2.24, 2.45) is 5.92 Å². The number of hydrogen-bond donors (Lipinski definition) is 1. The Balaban J connectivity index is 1.54. The highest BCUT2D eigenvalue weighted by molar-refractivity contribution is 5.95. The predicted molar refractivity (Wildman–Crippen MR) is 71.5 cm³/mol. The van der Waals surface area contributed by atoms with Crippen molar-refractivity contribution >= 4 is 11.8 Å². The molecule has 1 N–H and O–H groups in total. The van der Waals surface area contributed by atoms with Crippen LogP contribution in [-0.2, 0) is 9.59 Å². The van der Waals surface area contributed by atoms with Gasteiger partial charge in [0.1, 0.15) is 6.04 Å². The summed E-state index contributed by atoms with van der Waals surface area (Å²) in [6.45, 7) is 4.84. The quantitative estimate of drug-likeness (QED) is 0.773. The Labute approximate surface area is 114 Å². The molecule has 0 radical (unpaired) electrons. The molecule has 0 aromatic carbocycles. The van der Waals surface area contributed by atoms with Gasteiger partial charge in [0.25, 0.3) is 0 Å². The zero-order chi connectivity index (χ0) is 13.4. The van der Waals surface area contributed by atoms with Crippen LogP contribution < -0.4 is 5.32 Å². The van der Waals surface area contributed by atoms with Crippen LogP contribution in [0.2, 0.25) is 0 Å². The van der Waals surface area contributed by atoms with Crippen molar-refractivity contribution in [1.29, 1.82) is 0 Å². The minimum absolute atomic E-state index is 0.129. The summed E-state index contributed by atoms with van der Waals surface area (Å²) in [7, 11) is 0. The largest absolute Gasteiger partial charge is 0.331 e. The second kappa shape index (κ2) is 5.12. The SMILES string of the molecule is CC(CNC1CC1)CN1CC(=O)N2CCCC2C1=O. The highest BCUT2D eigenvalue weighted by Crippen LogP contribution is 2.24. The van der Waals surface area contributed by atoms with E-state index >= 15 is 0 Å². The summed E-state index contributed by atoms with van der Waals surface area (Å²) in [4.78, 5) is 27.9. The highest BCUT2D eigenvalue weighted by Gasteiger charge is 2.41. The number of carbonyl (C=O) groups excluding carboxylic acids is 2. The molecular weight excluding hydrogens is 242 g/mol. The first-order valence-electron chi connectivity index (χ1n) is 7.47. The maximum atomic E-state index is 12.4. The van der Waals surface area contributed by atoms with Gasteiger partial charge in [-0.2, -0.15) is 0 Å². The van der Waals surface area contributed by atoms with Crippen molar-refractivity contribution in [2.45, 2.75) is 44.7 Å². The van der Waals surface area contributed by atoms with E-state index in [1.165, 1.54) is 12.8 Å². The van der Waals surface area contributed by atoms with Crippen molar-refractivity contribution < 1.29 is 9.59 Å². The standard InChI is InChI=1S/C14H23N3O2/c1-10(7-15-11-4-5-11)8-16-9-13(18)17-6-2-3-12(17)14(16)19/h10-12,15H,2-9H2,1H3. The minimum Gasteiger partial charge on any atom is -0.331 e. The van der Waals surface area contributed by atoms with Crippen LogP contribution in [0.3, 0.4) is 0 Å². The molecule has 2 unspecified atom stereocenters.